The lowest BCUT2D eigenvalue weighted by Crippen LogP contribution is -2.41. The molecule has 180 valence electrons. The number of aromatic nitrogens is 2. The van der Waals surface area contributed by atoms with Gasteiger partial charge in [0.15, 0.2) is 4.77 Å². The van der Waals surface area contributed by atoms with Crippen molar-refractivity contribution in [3.05, 3.63) is 68.7 Å². The molecule has 0 aliphatic carbocycles. The van der Waals surface area contributed by atoms with Crippen molar-refractivity contribution in [3.63, 3.8) is 0 Å². The Morgan fingerprint density at radius 2 is 1.83 bits per heavy atom. The zero-order valence-electron chi connectivity index (χ0n) is 18.4. The topological polar surface area (TPSA) is 156 Å². The number of anilines is 1. The third-order valence-electron chi connectivity index (χ3n) is 5.20. The van der Waals surface area contributed by atoms with Gasteiger partial charge in [0.05, 0.1) is 17.4 Å². The highest BCUT2D eigenvalue weighted by molar-refractivity contribution is 7.71. The Balaban J connectivity index is 1.77. The molecule has 1 aromatic heterocycles. The van der Waals surface area contributed by atoms with Gasteiger partial charge in [-0.2, -0.15) is 0 Å². The van der Waals surface area contributed by atoms with E-state index < -0.39 is 23.9 Å². The maximum absolute atomic E-state index is 12.5. The molecule has 11 heteroatoms. The van der Waals surface area contributed by atoms with Gasteiger partial charge in [-0.3, -0.25) is 19.4 Å². The van der Waals surface area contributed by atoms with E-state index in [0.717, 1.165) is 5.56 Å². The Morgan fingerprint density at radius 3 is 2.46 bits per heavy atom. The van der Waals surface area contributed by atoms with Crippen molar-refractivity contribution in [2.45, 2.75) is 25.4 Å². The number of aliphatic carboxylic acids is 2. The fraction of sp³-hybridized carbons (Fsp3) is 0.208. The number of terminal acetylenes is 1. The molecule has 0 aliphatic heterocycles. The first-order valence-electron chi connectivity index (χ1n) is 10.5. The Bertz CT molecular complexity index is 1420. The molecule has 2 aromatic carbocycles. The number of carboxylic acids is 2. The number of amides is 1. The normalized spacial score (nSPS) is 11.4. The lowest BCUT2D eigenvalue weighted by molar-refractivity contribution is -0.140. The summed E-state index contributed by atoms with van der Waals surface area (Å²) >= 11 is 4.99. The van der Waals surface area contributed by atoms with E-state index in [4.69, 9.17) is 23.7 Å². The van der Waals surface area contributed by atoms with Crippen LogP contribution in [0.15, 0.2) is 47.3 Å². The smallest absolute Gasteiger partial charge is 0.326 e. The number of carboxylic acid groups (broad SMARTS) is 2. The van der Waals surface area contributed by atoms with Gasteiger partial charge in [0, 0.05) is 24.2 Å². The molecule has 0 saturated heterocycles. The summed E-state index contributed by atoms with van der Waals surface area (Å²) in [6, 6.07) is 10.4. The highest BCUT2D eigenvalue weighted by Crippen LogP contribution is 2.20. The second kappa shape index (κ2) is 11.1. The van der Waals surface area contributed by atoms with Gasteiger partial charge >= 0.3 is 11.9 Å². The van der Waals surface area contributed by atoms with Crippen LogP contribution in [-0.4, -0.2) is 50.6 Å². The molecule has 0 fully saturated rings. The average molecular weight is 495 g/mol. The van der Waals surface area contributed by atoms with Crippen LogP contribution in [0.3, 0.4) is 0 Å². The Hall–Kier alpha value is -4.43. The molecular formula is C24H22N4O6S. The SMILES string of the molecule is C#CCN(Cc1ccc2[nH]c(=S)[nH]c(=O)c2c1)c1ccc(C(=O)N[C@@H](CCC(=O)O)C(=O)O)cc1. The fourth-order valence-corrected chi connectivity index (χ4v) is 3.67. The highest BCUT2D eigenvalue weighted by atomic mass is 32.1. The van der Waals surface area contributed by atoms with E-state index in [1.165, 1.54) is 12.1 Å². The van der Waals surface area contributed by atoms with Gasteiger partial charge in [-0.1, -0.05) is 12.0 Å². The largest absolute Gasteiger partial charge is 0.481 e. The van der Waals surface area contributed by atoms with Crippen molar-refractivity contribution in [2.24, 2.45) is 0 Å². The van der Waals surface area contributed by atoms with E-state index in [9.17, 15) is 24.3 Å². The third-order valence-corrected chi connectivity index (χ3v) is 5.41. The van der Waals surface area contributed by atoms with Crippen LogP contribution in [0.5, 0.6) is 0 Å². The molecule has 0 bridgehead atoms. The number of H-pyrrole nitrogens is 2. The predicted molar refractivity (Wildman–Crippen MR) is 132 cm³/mol. The number of nitrogens with zero attached hydrogens (tertiary/aromatic N) is 1. The van der Waals surface area contributed by atoms with Crippen LogP contribution in [0.4, 0.5) is 5.69 Å². The molecule has 0 radical (unpaired) electrons. The van der Waals surface area contributed by atoms with Crippen molar-refractivity contribution in [3.8, 4) is 12.3 Å². The summed E-state index contributed by atoms with van der Waals surface area (Å²) < 4.78 is 0.241. The number of aromatic amines is 2. The Kier molecular flexibility index (Phi) is 8.01. The summed E-state index contributed by atoms with van der Waals surface area (Å²) in [5, 5.41) is 20.8. The predicted octanol–water partition coefficient (Wildman–Crippen LogP) is 2.27. The van der Waals surface area contributed by atoms with Crippen molar-refractivity contribution >= 4 is 46.7 Å². The Morgan fingerprint density at radius 1 is 1.11 bits per heavy atom. The number of nitrogens with one attached hydrogen (secondary N) is 3. The van der Waals surface area contributed by atoms with Crippen LogP contribution in [0.1, 0.15) is 28.8 Å². The van der Waals surface area contributed by atoms with E-state index in [1.54, 1.807) is 24.3 Å². The molecule has 0 aliphatic rings. The number of carbonyl (C=O) groups excluding carboxylic acids is 1. The molecule has 1 amide bonds. The van der Waals surface area contributed by atoms with Crippen LogP contribution in [0.25, 0.3) is 10.9 Å². The minimum Gasteiger partial charge on any atom is -0.481 e. The molecule has 3 rings (SSSR count). The lowest BCUT2D eigenvalue weighted by Gasteiger charge is -2.23. The van der Waals surface area contributed by atoms with Gasteiger partial charge < -0.3 is 25.4 Å². The Labute approximate surface area is 204 Å². The molecule has 3 aromatic rings. The van der Waals surface area contributed by atoms with Crippen LogP contribution in [0.2, 0.25) is 0 Å². The maximum Gasteiger partial charge on any atom is 0.326 e. The summed E-state index contributed by atoms with van der Waals surface area (Å²) in [7, 11) is 0. The zero-order chi connectivity index (χ0) is 25.5. The van der Waals surface area contributed by atoms with Crippen molar-refractivity contribution < 1.29 is 24.6 Å². The number of hydrogen-bond donors (Lipinski definition) is 5. The molecule has 0 saturated carbocycles. The van der Waals surface area contributed by atoms with Crippen LogP contribution < -0.4 is 15.8 Å². The standard InChI is InChI=1S/C24H22N4O6S/c1-2-11-28(13-14-3-8-18-17(12-14)22(32)27-24(35)26-18)16-6-4-15(5-7-16)21(31)25-19(23(33)34)9-10-20(29)30/h1,3-8,12,19H,9-11,13H2,(H,25,31)(H,29,30)(H,33,34)(H2,26,27,32,35)/t19-/m0/s1. The molecule has 1 atom stereocenters. The van der Waals surface area contributed by atoms with Crippen molar-refractivity contribution in [1.82, 2.24) is 15.3 Å². The second-order valence-corrected chi connectivity index (χ2v) is 8.10. The lowest BCUT2D eigenvalue weighted by atomic mass is 10.1. The molecule has 35 heavy (non-hydrogen) atoms. The van der Waals surface area contributed by atoms with Gasteiger partial charge in [-0.05, 0) is 60.6 Å². The van der Waals surface area contributed by atoms with Crippen molar-refractivity contribution in [2.75, 3.05) is 11.4 Å². The minimum atomic E-state index is -1.32. The van der Waals surface area contributed by atoms with Gasteiger partial charge in [0.2, 0.25) is 0 Å². The van der Waals surface area contributed by atoms with Gasteiger partial charge in [0.25, 0.3) is 11.5 Å². The minimum absolute atomic E-state index is 0.212. The second-order valence-electron chi connectivity index (χ2n) is 7.69. The zero-order valence-corrected chi connectivity index (χ0v) is 19.2. The molecular weight excluding hydrogens is 472 g/mol. The summed E-state index contributed by atoms with van der Waals surface area (Å²) in [6.45, 7) is 0.643. The molecule has 1 heterocycles. The molecule has 0 spiro atoms. The van der Waals surface area contributed by atoms with Gasteiger partial charge in [0.1, 0.15) is 6.04 Å². The van der Waals surface area contributed by atoms with E-state index in [2.05, 4.69) is 21.2 Å². The quantitative estimate of drug-likeness (QED) is 0.212. The third kappa shape index (κ3) is 6.55. The molecule has 5 N–H and O–H groups in total. The van der Waals surface area contributed by atoms with Gasteiger partial charge in [-0.15, -0.1) is 6.42 Å². The number of hydrogen-bond acceptors (Lipinski definition) is 6. The van der Waals surface area contributed by atoms with Gasteiger partial charge in [-0.25, -0.2) is 4.79 Å². The summed E-state index contributed by atoms with van der Waals surface area (Å²) in [4.78, 5) is 54.1. The number of benzene rings is 2. The fourth-order valence-electron chi connectivity index (χ4n) is 3.47. The van der Waals surface area contributed by atoms with E-state index >= 15 is 0 Å². The van der Waals surface area contributed by atoms with Crippen molar-refractivity contribution in [1.29, 1.82) is 0 Å². The summed E-state index contributed by atoms with van der Waals surface area (Å²) in [6.07, 6.45) is 4.92. The molecule has 10 nitrogen and oxygen atoms in total. The van der Waals surface area contributed by atoms with E-state index in [0.29, 0.717) is 23.1 Å². The highest BCUT2D eigenvalue weighted by Gasteiger charge is 2.21. The first-order chi connectivity index (χ1) is 16.7. The first-order valence-corrected chi connectivity index (χ1v) is 10.9. The average Bonchev–Trinajstić information content (AvgIpc) is 2.81. The maximum atomic E-state index is 12.5. The van der Waals surface area contributed by atoms with Crippen LogP contribution in [0, 0.1) is 17.1 Å². The number of rotatable bonds is 10. The summed E-state index contributed by atoms with van der Waals surface area (Å²) in [5.41, 5.74) is 2.07. The van der Waals surface area contributed by atoms with Crippen LogP contribution in [-0.2, 0) is 16.1 Å². The molecule has 0 unspecified atom stereocenters. The number of carbonyl (C=O) groups is 3. The van der Waals surface area contributed by atoms with E-state index in [-0.39, 0.29) is 35.3 Å². The van der Waals surface area contributed by atoms with Crippen LogP contribution >= 0.6 is 12.2 Å². The number of fused-ring (bicyclic) bond motifs is 1. The van der Waals surface area contributed by atoms with E-state index in [1.807, 2.05) is 11.0 Å². The first kappa shape index (κ1) is 25.2. The summed E-state index contributed by atoms with van der Waals surface area (Å²) in [5.74, 6) is -0.511. The monoisotopic (exact) mass is 494 g/mol.